The molecule has 0 aliphatic carbocycles. The van der Waals surface area contributed by atoms with Crippen LogP contribution < -0.4 is 4.74 Å². The molecule has 1 aromatic carbocycles. The van der Waals surface area contributed by atoms with Crippen LogP contribution in [0, 0.1) is 0 Å². The summed E-state index contributed by atoms with van der Waals surface area (Å²) in [4.78, 5) is 3.87. The van der Waals surface area contributed by atoms with E-state index in [0.29, 0.717) is 10.0 Å². The van der Waals surface area contributed by atoms with E-state index in [0.717, 1.165) is 6.07 Å². The molecule has 1 heterocycles. The van der Waals surface area contributed by atoms with Crippen LogP contribution in [0.4, 0.5) is 13.2 Å². The Bertz CT molecular complexity index is 604. The lowest BCUT2D eigenvalue weighted by Crippen LogP contribution is -2.18. The average Bonchev–Trinajstić information content (AvgIpc) is 2.37. The number of benzene rings is 1. The van der Waals surface area contributed by atoms with Crippen molar-refractivity contribution in [3.63, 3.8) is 0 Å². The fraction of sp³-hybridized carbons (Fsp3) is 0.154. The van der Waals surface area contributed by atoms with E-state index in [-0.39, 0.29) is 5.56 Å². The van der Waals surface area contributed by atoms with E-state index < -0.39 is 18.2 Å². The van der Waals surface area contributed by atoms with Crippen molar-refractivity contribution in [3.05, 3.63) is 58.3 Å². The number of aliphatic hydroxyl groups excluding tert-OH is 1. The van der Waals surface area contributed by atoms with Crippen molar-refractivity contribution in [1.29, 1.82) is 0 Å². The fourth-order valence-electron chi connectivity index (χ4n) is 1.68. The molecule has 20 heavy (non-hydrogen) atoms. The van der Waals surface area contributed by atoms with Crippen molar-refractivity contribution in [1.82, 2.24) is 4.98 Å². The van der Waals surface area contributed by atoms with Gasteiger partial charge in [-0.2, -0.15) is 0 Å². The Morgan fingerprint density at radius 2 is 1.90 bits per heavy atom. The topological polar surface area (TPSA) is 42.4 Å². The molecule has 1 N–H and O–H groups in total. The second-order valence-corrected chi connectivity index (χ2v) is 4.84. The second-order valence-electron chi connectivity index (χ2n) is 3.92. The molecule has 2 aromatic rings. The molecule has 3 nitrogen and oxygen atoms in total. The van der Waals surface area contributed by atoms with Crippen molar-refractivity contribution in [3.8, 4) is 5.75 Å². The molecule has 0 saturated heterocycles. The standard InChI is InChI=1S/C13H9BrF3NO2/c14-9-5-8(6-18-7-9)12(19)10-3-1-2-4-11(10)20-13(15,16)17/h1-7,12,19H. The number of hydrogen-bond donors (Lipinski definition) is 1. The average molecular weight is 348 g/mol. The number of ether oxygens (including phenoxy) is 1. The molecular weight excluding hydrogens is 339 g/mol. The Labute approximate surface area is 121 Å². The van der Waals surface area contributed by atoms with E-state index in [1.54, 1.807) is 6.07 Å². The Morgan fingerprint density at radius 1 is 1.20 bits per heavy atom. The zero-order valence-electron chi connectivity index (χ0n) is 9.93. The van der Waals surface area contributed by atoms with Crippen LogP contribution in [0.2, 0.25) is 0 Å². The SMILES string of the molecule is OC(c1cncc(Br)c1)c1ccccc1OC(F)(F)F. The number of rotatable bonds is 3. The van der Waals surface area contributed by atoms with Gasteiger partial charge in [0.15, 0.2) is 0 Å². The van der Waals surface area contributed by atoms with Crippen LogP contribution in [-0.4, -0.2) is 16.5 Å². The minimum Gasteiger partial charge on any atom is -0.405 e. The van der Waals surface area contributed by atoms with Gasteiger partial charge in [-0.25, -0.2) is 0 Å². The van der Waals surface area contributed by atoms with Crippen molar-refractivity contribution in [2.75, 3.05) is 0 Å². The smallest absolute Gasteiger partial charge is 0.405 e. The quantitative estimate of drug-likeness (QED) is 0.917. The van der Waals surface area contributed by atoms with Crippen LogP contribution in [0.5, 0.6) is 5.75 Å². The lowest BCUT2D eigenvalue weighted by molar-refractivity contribution is -0.275. The van der Waals surface area contributed by atoms with Gasteiger partial charge in [0.2, 0.25) is 0 Å². The molecule has 0 spiro atoms. The molecule has 1 atom stereocenters. The predicted octanol–water partition coefficient (Wildman–Crippen LogP) is 3.82. The first-order valence-corrected chi connectivity index (χ1v) is 6.29. The van der Waals surface area contributed by atoms with Gasteiger partial charge in [-0.1, -0.05) is 18.2 Å². The molecule has 7 heteroatoms. The maximum absolute atomic E-state index is 12.3. The largest absolute Gasteiger partial charge is 0.573 e. The highest BCUT2D eigenvalue weighted by atomic mass is 79.9. The van der Waals surface area contributed by atoms with Gasteiger partial charge in [0.1, 0.15) is 11.9 Å². The number of pyridine rings is 1. The van der Waals surface area contributed by atoms with E-state index in [9.17, 15) is 18.3 Å². The van der Waals surface area contributed by atoms with Crippen molar-refractivity contribution in [2.45, 2.75) is 12.5 Å². The predicted molar refractivity (Wildman–Crippen MR) is 69.1 cm³/mol. The van der Waals surface area contributed by atoms with E-state index in [2.05, 4.69) is 25.7 Å². The number of para-hydroxylation sites is 1. The Morgan fingerprint density at radius 3 is 2.55 bits per heavy atom. The molecule has 0 amide bonds. The number of alkyl halides is 3. The number of nitrogens with zero attached hydrogens (tertiary/aromatic N) is 1. The number of halogens is 4. The molecule has 0 fully saturated rings. The Balaban J connectivity index is 2.37. The third kappa shape index (κ3) is 3.71. The van der Waals surface area contributed by atoms with Gasteiger partial charge in [0, 0.05) is 28.0 Å². The van der Waals surface area contributed by atoms with Crippen molar-refractivity contribution in [2.24, 2.45) is 0 Å². The third-order valence-electron chi connectivity index (χ3n) is 2.48. The van der Waals surface area contributed by atoms with E-state index in [1.807, 2.05) is 0 Å². The van der Waals surface area contributed by atoms with Gasteiger partial charge in [-0.05, 0) is 28.1 Å². The number of aromatic nitrogens is 1. The van der Waals surface area contributed by atoms with Crippen LogP contribution in [-0.2, 0) is 0 Å². The highest BCUT2D eigenvalue weighted by Gasteiger charge is 2.33. The maximum Gasteiger partial charge on any atom is 0.573 e. The maximum atomic E-state index is 12.3. The highest BCUT2D eigenvalue weighted by Crippen LogP contribution is 2.33. The molecular formula is C13H9BrF3NO2. The Hall–Kier alpha value is -1.60. The molecule has 0 bridgehead atoms. The van der Waals surface area contributed by atoms with Gasteiger partial charge < -0.3 is 9.84 Å². The van der Waals surface area contributed by atoms with Crippen LogP contribution in [0.1, 0.15) is 17.2 Å². The van der Waals surface area contributed by atoms with Gasteiger partial charge >= 0.3 is 6.36 Å². The molecule has 0 aliphatic rings. The first-order chi connectivity index (χ1) is 9.37. The fourth-order valence-corrected chi connectivity index (χ4v) is 2.06. The number of hydrogen-bond acceptors (Lipinski definition) is 3. The summed E-state index contributed by atoms with van der Waals surface area (Å²) < 4.78 is 41.5. The monoisotopic (exact) mass is 347 g/mol. The summed E-state index contributed by atoms with van der Waals surface area (Å²) in [6.45, 7) is 0. The van der Waals surface area contributed by atoms with Gasteiger partial charge in [-0.3, -0.25) is 4.98 Å². The van der Waals surface area contributed by atoms with Crippen LogP contribution in [0.25, 0.3) is 0 Å². The third-order valence-corrected chi connectivity index (χ3v) is 2.91. The lowest BCUT2D eigenvalue weighted by atomic mass is 10.0. The molecule has 0 radical (unpaired) electrons. The van der Waals surface area contributed by atoms with E-state index >= 15 is 0 Å². The molecule has 1 aromatic heterocycles. The summed E-state index contributed by atoms with van der Waals surface area (Å²) in [7, 11) is 0. The molecule has 1 unspecified atom stereocenters. The van der Waals surface area contributed by atoms with Crippen molar-refractivity contribution < 1.29 is 23.0 Å². The highest BCUT2D eigenvalue weighted by molar-refractivity contribution is 9.10. The zero-order chi connectivity index (χ0) is 14.8. The van der Waals surface area contributed by atoms with E-state index in [1.165, 1.54) is 30.6 Å². The molecule has 106 valence electrons. The summed E-state index contributed by atoms with van der Waals surface area (Å²) in [6.07, 6.45) is -3.20. The van der Waals surface area contributed by atoms with Gasteiger partial charge in [0.25, 0.3) is 0 Å². The zero-order valence-corrected chi connectivity index (χ0v) is 11.5. The first-order valence-electron chi connectivity index (χ1n) is 5.50. The lowest BCUT2D eigenvalue weighted by Gasteiger charge is -2.17. The summed E-state index contributed by atoms with van der Waals surface area (Å²) in [5, 5.41) is 10.2. The summed E-state index contributed by atoms with van der Waals surface area (Å²) in [6, 6.07) is 7.01. The summed E-state index contributed by atoms with van der Waals surface area (Å²) >= 11 is 3.19. The minimum atomic E-state index is -4.81. The van der Waals surface area contributed by atoms with E-state index in [4.69, 9.17) is 0 Å². The van der Waals surface area contributed by atoms with Crippen LogP contribution in [0.3, 0.4) is 0 Å². The number of aliphatic hydroxyl groups is 1. The molecule has 0 saturated carbocycles. The molecule has 2 rings (SSSR count). The van der Waals surface area contributed by atoms with Gasteiger partial charge in [-0.15, -0.1) is 13.2 Å². The summed E-state index contributed by atoms with van der Waals surface area (Å²) in [5.41, 5.74) is 0.377. The second kappa shape index (κ2) is 5.80. The molecule has 0 aliphatic heterocycles. The first kappa shape index (κ1) is 14.8. The normalized spacial score (nSPS) is 13.1. The summed E-state index contributed by atoms with van der Waals surface area (Å²) in [5.74, 6) is -0.438. The van der Waals surface area contributed by atoms with Gasteiger partial charge in [0.05, 0.1) is 0 Å². The minimum absolute atomic E-state index is 0.0183. The van der Waals surface area contributed by atoms with Crippen molar-refractivity contribution >= 4 is 15.9 Å². The van der Waals surface area contributed by atoms with Crippen LogP contribution >= 0.6 is 15.9 Å². The Kier molecular flexibility index (Phi) is 4.29. The van der Waals surface area contributed by atoms with Crippen LogP contribution in [0.15, 0.2) is 47.2 Å².